The number of hydrogen-bond donors (Lipinski definition) is 0. The molecule has 0 saturated heterocycles. The molecule has 0 unspecified atom stereocenters. The summed E-state index contributed by atoms with van der Waals surface area (Å²) in [6, 6.07) is 0. The smallest absolute Gasteiger partial charge is 0.333 e. The summed E-state index contributed by atoms with van der Waals surface area (Å²) >= 11 is 0. The minimum Gasteiger partial charge on any atom is -0.459 e. The number of ether oxygens (including phenoxy) is 1. The summed E-state index contributed by atoms with van der Waals surface area (Å²) in [4.78, 5) is 11.4. The Hall–Kier alpha value is -0.790. The van der Waals surface area contributed by atoms with Crippen molar-refractivity contribution in [1.29, 1.82) is 0 Å². The third-order valence-corrected chi connectivity index (χ3v) is 2.97. The van der Waals surface area contributed by atoms with Crippen LogP contribution < -0.4 is 0 Å². The zero-order valence-electron chi connectivity index (χ0n) is 10.3. The van der Waals surface area contributed by atoms with Crippen LogP contribution in [0.5, 0.6) is 0 Å². The van der Waals surface area contributed by atoms with Crippen LogP contribution in [0, 0.1) is 11.3 Å². The molecule has 1 aliphatic carbocycles. The fraction of sp³-hybridized carbons (Fsp3) is 0.769. The van der Waals surface area contributed by atoms with Gasteiger partial charge >= 0.3 is 5.97 Å². The van der Waals surface area contributed by atoms with Gasteiger partial charge in [-0.15, -0.1) is 0 Å². The van der Waals surface area contributed by atoms with Crippen molar-refractivity contribution in [2.24, 2.45) is 11.3 Å². The van der Waals surface area contributed by atoms with E-state index >= 15 is 0 Å². The molecule has 0 aromatic rings. The number of esters is 1. The van der Waals surface area contributed by atoms with Crippen molar-refractivity contribution in [3.8, 4) is 0 Å². The van der Waals surface area contributed by atoms with E-state index in [9.17, 15) is 4.79 Å². The lowest BCUT2D eigenvalue weighted by atomic mass is 9.71. The molecule has 0 N–H and O–H groups in total. The molecule has 1 fully saturated rings. The van der Waals surface area contributed by atoms with Gasteiger partial charge in [0.15, 0.2) is 0 Å². The van der Waals surface area contributed by atoms with Crippen LogP contribution >= 0.6 is 0 Å². The minimum absolute atomic E-state index is 0.0768. The molecule has 2 atom stereocenters. The van der Waals surface area contributed by atoms with Gasteiger partial charge in [0.1, 0.15) is 6.10 Å². The van der Waals surface area contributed by atoms with Crippen molar-refractivity contribution in [1.82, 2.24) is 0 Å². The second-order valence-electron chi connectivity index (χ2n) is 5.72. The van der Waals surface area contributed by atoms with Crippen LogP contribution in [0.1, 0.15) is 47.0 Å². The molecule has 0 amide bonds. The van der Waals surface area contributed by atoms with E-state index in [1.807, 2.05) is 0 Å². The van der Waals surface area contributed by atoms with E-state index in [-0.39, 0.29) is 17.5 Å². The predicted octanol–water partition coefficient (Wildman–Crippen LogP) is 3.32. The van der Waals surface area contributed by atoms with Gasteiger partial charge in [-0.1, -0.05) is 27.4 Å². The second-order valence-corrected chi connectivity index (χ2v) is 5.72. The molecule has 15 heavy (non-hydrogen) atoms. The van der Waals surface area contributed by atoms with Gasteiger partial charge in [-0.2, -0.15) is 0 Å². The fourth-order valence-electron chi connectivity index (χ4n) is 2.60. The monoisotopic (exact) mass is 210 g/mol. The first kappa shape index (κ1) is 12.3. The zero-order chi connectivity index (χ0) is 11.6. The van der Waals surface area contributed by atoms with Crippen LogP contribution in [0.3, 0.4) is 0 Å². The van der Waals surface area contributed by atoms with E-state index in [1.165, 1.54) is 6.42 Å². The molecule has 86 valence electrons. The highest BCUT2D eigenvalue weighted by Gasteiger charge is 2.33. The topological polar surface area (TPSA) is 26.3 Å². The maximum Gasteiger partial charge on any atom is 0.333 e. The van der Waals surface area contributed by atoms with Gasteiger partial charge < -0.3 is 4.74 Å². The van der Waals surface area contributed by atoms with Gasteiger partial charge in [-0.05, 0) is 37.5 Å². The highest BCUT2D eigenvalue weighted by Crippen LogP contribution is 2.39. The number of carbonyl (C=O) groups is 1. The molecule has 2 heteroatoms. The summed E-state index contributed by atoms with van der Waals surface area (Å²) in [5.41, 5.74) is 0.781. The summed E-state index contributed by atoms with van der Waals surface area (Å²) < 4.78 is 5.42. The Bertz CT molecular complexity index is 266. The van der Waals surface area contributed by atoms with Crippen molar-refractivity contribution in [2.45, 2.75) is 53.1 Å². The summed E-state index contributed by atoms with van der Waals surface area (Å²) in [5, 5.41) is 0. The van der Waals surface area contributed by atoms with Crippen LogP contribution in [0.25, 0.3) is 0 Å². The summed E-state index contributed by atoms with van der Waals surface area (Å²) in [6.45, 7) is 12.0. The number of hydrogen-bond acceptors (Lipinski definition) is 2. The van der Waals surface area contributed by atoms with E-state index in [0.717, 1.165) is 12.8 Å². The van der Waals surface area contributed by atoms with Crippen molar-refractivity contribution >= 4 is 5.97 Å². The van der Waals surface area contributed by atoms with Gasteiger partial charge in [-0.25, -0.2) is 4.79 Å². The van der Waals surface area contributed by atoms with E-state index in [4.69, 9.17) is 4.74 Å². The van der Waals surface area contributed by atoms with Crippen molar-refractivity contribution in [3.63, 3.8) is 0 Å². The summed E-state index contributed by atoms with van der Waals surface area (Å²) in [6.07, 6.45) is 3.25. The Balaban J connectivity index is 2.56. The van der Waals surface area contributed by atoms with Gasteiger partial charge in [-0.3, -0.25) is 0 Å². The molecule has 2 nitrogen and oxygen atoms in total. The first-order valence-corrected chi connectivity index (χ1v) is 5.66. The van der Waals surface area contributed by atoms with Crippen molar-refractivity contribution < 1.29 is 9.53 Å². The van der Waals surface area contributed by atoms with E-state index < -0.39 is 0 Å². The van der Waals surface area contributed by atoms with E-state index in [0.29, 0.717) is 11.5 Å². The van der Waals surface area contributed by atoms with Gasteiger partial charge in [0.25, 0.3) is 0 Å². The standard InChI is InChI=1S/C13H22O2/c1-9(2)12(14)15-11-6-10(3)7-13(4,5)8-11/h10-11H,1,6-8H2,2-5H3/t10-,11-/m1/s1. The molecule has 0 bridgehead atoms. The Kier molecular flexibility index (Phi) is 3.58. The molecular weight excluding hydrogens is 188 g/mol. The third-order valence-electron chi connectivity index (χ3n) is 2.97. The maximum atomic E-state index is 11.4. The SMILES string of the molecule is C=C(C)C(=O)O[C@@H]1C[C@@H](C)CC(C)(C)C1. The van der Waals surface area contributed by atoms with Crippen LogP contribution in [0.15, 0.2) is 12.2 Å². The Morgan fingerprint density at radius 1 is 1.40 bits per heavy atom. The second kappa shape index (κ2) is 4.38. The zero-order valence-corrected chi connectivity index (χ0v) is 10.3. The first-order chi connectivity index (χ1) is 6.80. The van der Waals surface area contributed by atoms with E-state index in [2.05, 4.69) is 27.4 Å². The molecule has 1 aliphatic rings. The average Bonchev–Trinajstić information content (AvgIpc) is 1.99. The van der Waals surface area contributed by atoms with Gasteiger partial charge in [0, 0.05) is 5.57 Å². The lowest BCUT2D eigenvalue weighted by molar-refractivity contribution is -0.148. The molecule has 0 aromatic carbocycles. The molecule has 0 aliphatic heterocycles. The lowest BCUT2D eigenvalue weighted by Gasteiger charge is -2.38. The van der Waals surface area contributed by atoms with Crippen molar-refractivity contribution in [3.05, 3.63) is 12.2 Å². The van der Waals surface area contributed by atoms with E-state index in [1.54, 1.807) is 6.92 Å². The predicted molar refractivity (Wildman–Crippen MR) is 61.5 cm³/mol. The first-order valence-electron chi connectivity index (χ1n) is 5.66. The molecule has 0 aromatic heterocycles. The van der Waals surface area contributed by atoms with Crippen LogP contribution in [-0.2, 0) is 9.53 Å². The molecule has 1 rings (SSSR count). The Morgan fingerprint density at radius 3 is 2.47 bits per heavy atom. The molecule has 0 spiro atoms. The van der Waals surface area contributed by atoms with Crippen molar-refractivity contribution in [2.75, 3.05) is 0 Å². The highest BCUT2D eigenvalue weighted by atomic mass is 16.5. The third kappa shape index (κ3) is 3.69. The van der Waals surface area contributed by atoms with Crippen LogP contribution in [0.4, 0.5) is 0 Å². The number of carbonyl (C=O) groups excluding carboxylic acids is 1. The summed E-state index contributed by atoms with van der Waals surface area (Å²) in [5.74, 6) is 0.390. The fourth-order valence-corrected chi connectivity index (χ4v) is 2.60. The summed E-state index contributed by atoms with van der Waals surface area (Å²) in [7, 11) is 0. The van der Waals surface area contributed by atoms with Gasteiger partial charge in [0.05, 0.1) is 0 Å². The largest absolute Gasteiger partial charge is 0.459 e. The molecular formula is C13H22O2. The minimum atomic E-state index is -0.245. The Labute approximate surface area is 92.7 Å². The lowest BCUT2D eigenvalue weighted by Crippen LogP contribution is -2.34. The quantitative estimate of drug-likeness (QED) is 0.516. The van der Waals surface area contributed by atoms with Gasteiger partial charge in [0.2, 0.25) is 0 Å². The Morgan fingerprint density at radius 2 is 2.00 bits per heavy atom. The highest BCUT2D eigenvalue weighted by molar-refractivity contribution is 5.87. The molecule has 0 radical (unpaired) electrons. The van der Waals surface area contributed by atoms with Crippen LogP contribution in [-0.4, -0.2) is 12.1 Å². The maximum absolute atomic E-state index is 11.4. The van der Waals surface area contributed by atoms with Crippen LogP contribution in [0.2, 0.25) is 0 Å². The number of rotatable bonds is 2. The normalized spacial score (nSPS) is 29.6. The average molecular weight is 210 g/mol. The molecule has 1 saturated carbocycles. The molecule has 0 heterocycles.